The molecule has 0 aliphatic rings. The zero-order valence-electron chi connectivity index (χ0n) is 14.9. The minimum atomic E-state index is -0.108. The first-order valence-electron chi connectivity index (χ1n) is 8.61. The number of nitrogens with one attached hydrogen (secondary N) is 2. The monoisotopic (exact) mass is 346 g/mol. The maximum atomic E-state index is 12.1. The summed E-state index contributed by atoms with van der Waals surface area (Å²) in [5.74, 6) is 1.00. The van der Waals surface area contributed by atoms with E-state index in [1.165, 1.54) is 5.56 Å². The molecular weight excluding hydrogens is 324 g/mol. The zero-order valence-corrected chi connectivity index (χ0v) is 14.9. The number of rotatable bonds is 6. The van der Waals surface area contributed by atoms with Gasteiger partial charge in [-0.3, -0.25) is 4.79 Å². The summed E-state index contributed by atoms with van der Waals surface area (Å²) in [6.07, 6.45) is 0.314. The quantitative estimate of drug-likeness (QED) is 0.704. The summed E-state index contributed by atoms with van der Waals surface area (Å²) in [5.41, 5.74) is 3.29. The fourth-order valence-corrected chi connectivity index (χ4v) is 2.72. The van der Waals surface area contributed by atoms with Crippen LogP contribution in [0.1, 0.15) is 29.7 Å². The van der Waals surface area contributed by atoms with Gasteiger partial charge in [0.15, 0.2) is 5.82 Å². The lowest BCUT2D eigenvalue weighted by Crippen LogP contribution is -2.16. The Morgan fingerprint density at radius 2 is 1.69 bits per heavy atom. The molecule has 0 aliphatic heterocycles. The smallest absolute Gasteiger partial charge is 0.229 e. The molecule has 2 N–H and O–H groups in total. The fourth-order valence-electron chi connectivity index (χ4n) is 2.72. The maximum absolute atomic E-state index is 12.1. The average molecular weight is 346 g/mol. The Labute approximate surface area is 153 Å². The highest BCUT2D eigenvalue weighted by Gasteiger charge is 2.08. The van der Waals surface area contributed by atoms with Gasteiger partial charge in [0, 0.05) is 6.04 Å². The number of aromatic nitrogens is 2. The van der Waals surface area contributed by atoms with Gasteiger partial charge in [0.1, 0.15) is 5.82 Å². The van der Waals surface area contributed by atoms with Gasteiger partial charge in [-0.05, 0) is 37.1 Å². The lowest BCUT2D eigenvalue weighted by Gasteiger charge is -2.14. The molecule has 132 valence electrons. The summed E-state index contributed by atoms with van der Waals surface area (Å²) in [4.78, 5) is 12.1. The molecule has 5 nitrogen and oxygen atoms in total. The third kappa shape index (κ3) is 4.89. The lowest BCUT2D eigenvalue weighted by atomic mass is 10.1. The first kappa shape index (κ1) is 17.6. The van der Waals surface area contributed by atoms with Crippen LogP contribution in [0.4, 0.5) is 11.6 Å². The summed E-state index contributed by atoms with van der Waals surface area (Å²) < 4.78 is 0. The van der Waals surface area contributed by atoms with E-state index in [9.17, 15) is 4.79 Å². The molecule has 0 fully saturated rings. The normalized spacial score (nSPS) is 11.6. The van der Waals surface area contributed by atoms with Crippen LogP contribution in [0.3, 0.4) is 0 Å². The highest BCUT2D eigenvalue weighted by molar-refractivity contribution is 5.91. The predicted molar refractivity (Wildman–Crippen MR) is 104 cm³/mol. The minimum absolute atomic E-state index is 0.108. The van der Waals surface area contributed by atoms with Gasteiger partial charge in [0.05, 0.1) is 6.42 Å². The minimum Gasteiger partial charge on any atom is -0.362 e. The second kappa shape index (κ2) is 8.25. The van der Waals surface area contributed by atoms with Gasteiger partial charge < -0.3 is 10.6 Å². The van der Waals surface area contributed by atoms with Gasteiger partial charge in [0.2, 0.25) is 5.91 Å². The van der Waals surface area contributed by atoms with Gasteiger partial charge >= 0.3 is 0 Å². The van der Waals surface area contributed by atoms with E-state index in [-0.39, 0.29) is 11.9 Å². The molecule has 0 bridgehead atoms. The molecule has 2 aromatic carbocycles. The van der Waals surface area contributed by atoms with Crippen LogP contribution in [0.25, 0.3) is 0 Å². The van der Waals surface area contributed by atoms with E-state index in [4.69, 9.17) is 0 Å². The van der Waals surface area contributed by atoms with Crippen molar-refractivity contribution in [1.82, 2.24) is 10.2 Å². The first-order chi connectivity index (χ1) is 12.6. The SMILES string of the molecule is Cc1cccc(CC(=O)Nc2ccc(NC(C)c3ccccc3)nn2)c1. The van der Waals surface area contributed by atoms with E-state index in [1.807, 2.05) is 55.5 Å². The maximum Gasteiger partial charge on any atom is 0.229 e. The van der Waals surface area contributed by atoms with Gasteiger partial charge in [0.25, 0.3) is 0 Å². The van der Waals surface area contributed by atoms with Crippen molar-refractivity contribution in [3.8, 4) is 0 Å². The number of hydrogen-bond donors (Lipinski definition) is 2. The standard InChI is InChI=1S/C21H22N4O/c1-15-7-6-8-17(13-15)14-21(26)23-20-12-11-19(24-25-20)22-16(2)18-9-4-3-5-10-18/h3-13,16H,14H2,1-2H3,(H,22,24)(H,23,25,26). The van der Waals surface area contributed by atoms with Crippen molar-refractivity contribution >= 4 is 17.5 Å². The molecule has 0 radical (unpaired) electrons. The number of amides is 1. The molecule has 1 unspecified atom stereocenters. The van der Waals surface area contributed by atoms with Gasteiger partial charge in [-0.25, -0.2) is 0 Å². The molecule has 1 amide bonds. The number of benzene rings is 2. The Morgan fingerprint density at radius 1 is 0.962 bits per heavy atom. The molecule has 1 atom stereocenters. The van der Waals surface area contributed by atoms with Crippen molar-refractivity contribution in [2.75, 3.05) is 10.6 Å². The molecule has 3 rings (SSSR count). The molecular formula is C21H22N4O. The second-order valence-corrected chi connectivity index (χ2v) is 6.29. The largest absolute Gasteiger partial charge is 0.362 e. The first-order valence-corrected chi connectivity index (χ1v) is 8.61. The molecule has 26 heavy (non-hydrogen) atoms. The van der Waals surface area contributed by atoms with Crippen LogP contribution < -0.4 is 10.6 Å². The van der Waals surface area contributed by atoms with E-state index in [0.29, 0.717) is 18.1 Å². The van der Waals surface area contributed by atoms with Crippen molar-refractivity contribution in [2.45, 2.75) is 26.3 Å². The van der Waals surface area contributed by atoms with E-state index in [1.54, 1.807) is 6.07 Å². The van der Waals surface area contributed by atoms with Crippen LogP contribution in [-0.2, 0) is 11.2 Å². The summed E-state index contributed by atoms with van der Waals surface area (Å²) in [7, 11) is 0. The molecule has 1 aromatic heterocycles. The molecule has 0 saturated heterocycles. The second-order valence-electron chi connectivity index (χ2n) is 6.29. The molecule has 0 aliphatic carbocycles. The Kier molecular flexibility index (Phi) is 5.59. The predicted octanol–water partition coefficient (Wildman–Crippen LogP) is 4.14. The average Bonchev–Trinajstić information content (AvgIpc) is 2.64. The van der Waals surface area contributed by atoms with Crippen LogP contribution in [0, 0.1) is 6.92 Å². The van der Waals surface area contributed by atoms with E-state index in [2.05, 4.69) is 39.9 Å². The summed E-state index contributed by atoms with van der Waals surface area (Å²) >= 11 is 0. The molecule has 5 heteroatoms. The van der Waals surface area contributed by atoms with E-state index >= 15 is 0 Å². The molecule has 1 heterocycles. The number of carbonyl (C=O) groups excluding carboxylic acids is 1. The van der Waals surface area contributed by atoms with Crippen LogP contribution >= 0.6 is 0 Å². The summed E-state index contributed by atoms with van der Waals surface area (Å²) in [6, 6.07) is 21.7. The fraction of sp³-hybridized carbons (Fsp3) is 0.190. The molecule has 0 spiro atoms. The third-order valence-corrected chi connectivity index (χ3v) is 4.04. The van der Waals surface area contributed by atoms with Crippen LogP contribution in [0.2, 0.25) is 0 Å². The van der Waals surface area contributed by atoms with Crippen LogP contribution in [-0.4, -0.2) is 16.1 Å². The highest BCUT2D eigenvalue weighted by atomic mass is 16.1. The van der Waals surface area contributed by atoms with Crippen molar-refractivity contribution in [3.63, 3.8) is 0 Å². The van der Waals surface area contributed by atoms with Gasteiger partial charge in [-0.1, -0.05) is 60.2 Å². The van der Waals surface area contributed by atoms with Crippen molar-refractivity contribution in [1.29, 1.82) is 0 Å². The summed E-state index contributed by atoms with van der Waals surface area (Å²) in [5, 5.41) is 14.3. The number of aryl methyl sites for hydroxylation is 1. The van der Waals surface area contributed by atoms with Crippen molar-refractivity contribution in [2.24, 2.45) is 0 Å². The Bertz CT molecular complexity index is 863. The number of anilines is 2. The molecule has 0 saturated carbocycles. The number of hydrogen-bond acceptors (Lipinski definition) is 4. The highest BCUT2D eigenvalue weighted by Crippen LogP contribution is 2.17. The number of carbonyl (C=O) groups is 1. The van der Waals surface area contributed by atoms with E-state index < -0.39 is 0 Å². The van der Waals surface area contributed by atoms with Crippen molar-refractivity contribution < 1.29 is 4.79 Å². The third-order valence-electron chi connectivity index (χ3n) is 4.04. The Hall–Kier alpha value is -3.21. The van der Waals surface area contributed by atoms with Crippen LogP contribution in [0.5, 0.6) is 0 Å². The summed E-state index contributed by atoms with van der Waals surface area (Å²) in [6.45, 7) is 4.07. The Balaban J connectivity index is 1.56. The zero-order chi connectivity index (χ0) is 18.4. The van der Waals surface area contributed by atoms with Crippen molar-refractivity contribution in [3.05, 3.63) is 83.4 Å². The Morgan fingerprint density at radius 3 is 2.38 bits per heavy atom. The molecule has 3 aromatic rings. The lowest BCUT2D eigenvalue weighted by molar-refractivity contribution is -0.115. The number of nitrogens with zero attached hydrogens (tertiary/aromatic N) is 2. The van der Waals surface area contributed by atoms with Gasteiger partial charge in [-0.15, -0.1) is 10.2 Å². The van der Waals surface area contributed by atoms with E-state index in [0.717, 1.165) is 11.1 Å². The van der Waals surface area contributed by atoms with Gasteiger partial charge in [-0.2, -0.15) is 0 Å². The van der Waals surface area contributed by atoms with Crippen LogP contribution in [0.15, 0.2) is 66.7 Å². The topological polar surface area (TPSA) is 66.9 Å².